The molecule has 0 N–H and O–H groups in total. The number of ether oxygens (including phenoxy) is 1. The van der Waals surface area contributed by atoms with E-state index in [9.17, 15) is 4.79 Å². The van der Waals surface area contributed by atoms with Crippen molar-refractivity contribution >= 4 is 33.6 Å². The van der Waals surface area contributed by atoms with E-state index in [0.29, 0.717) is 5.75 Å². The van der Waals surface area contributed by atoms with Gasteiger partial charge in [-0.3, -0.25) is 0 Å². The van der Waals surface area contributed by atoms with E-state index in [1.54, 1.807) is 25.4 Å². The van der Waals surface area contributed by atoms with Crippen LogP contribution < -0.4 is 4.74 Å². The normalized spacial score (nSPS) is 10.9. The van der Waals surface area contributed by atoms with Gasteiger partial charge in [0, 0.05) is 24.2 Å². The number of amides is 1. The largest absolute Gasteiger partial charge is 0.414 e. The van der Waals surface area contributed by atoms with Gasteiger partial charge in [0.25, 0.3) is 0 Å². The lowest BCUT2D eigenvalue weighted by Crippen LogP contribution is -2.25. The number of carbonyl (C=O) groups excluding carboxylic acids is 1. The van der Waals surface area contributed by atoms with Crippen molar-refractivity contribution in [1.29, 1.82) is 0 Å². The number of carbonyl (C=O) groups is 1. The first-order valence-electron chi connectivity index (χ1n) is 6.71. The maximum atomic E-state index is 11.9. The lowest BCUT2D eigenvalue weighted by molar-refractivity contribution is 0.172. The Bertz CT molecular complexity index is 707. The molecule has 0 aliphatic heterocycles. The van der Waals surface area contributed by atoms with Gasteiger partial charge in [-0.25, -0.2) is 4.79 Å². The molecule has 21 heavy (non-hydrogen) atoms. The summed E-state index contributed by atoms with van der Waals surface area (Å²) in [4.78, 5) is 14.2. The highest BCUT2D eigenvalue weighted by Crippen LogP contribution is 2.38. The zero-order valence-electron chi connectivity index (χ0n) is 12.7. The number of allylic oxidation sites excluding steroid dienone is 3. The second kappa shape index (κ2) is 6.59. The van der Waals surface area contributed by atoms with E-state index in [4.69, 9.17) is 4.74 Å². The second-order valence-electron chi connectivity index (χ2n) is 5.16. The van der Waals surface area contributed by atoms with Crippen LogP contribution in [0.2, 0.25) is 0 Å². The predicted octanol–water partition coefficient (Wildman–Crippen LogP) is 4.94. The zero-order valence-corrected chi connectivity index (χ0v) is 13.5. The highest BCUT2D eigenvalue weighted by atomic mass is 32.1. The first-order chi connectivity index (χ1) is 9.99. The first-order valence-corrected chi connectivity index (χ1v) is 7.53. The van der Waals surface area contributed by atoms with Gasteiger partial charge in [0.2, 0.25) is 0 Å². The molecular weight excluding hydrogens is 282 g/mol. The van der Waals surface area contributed by atoms with Crippen LogP contribution in [0.1, 0.15) is 18.7 Å². The minimum absolute atomic E-state index is 0.365. The fourth-order valence-corrected chi connectivity index (χ4v) is 2.81. The van der Waals surface area contributed by atoms with Crippen LogP contribution in [0.3, 0.4) is 0 Å². The van der Waals surface area contributed by atoms with Gasteiger partial charge in [-0.2, -0.15) is 0 Å². The van der Waals surface area contributed by atoms with Crippen molar-refractivity contribution in [3.63, 3.8) is 0 Å². The summed E-state index contributed by atoms with van der Waals surface area (Å²) in [6, 6.07) is 7.94. The second-order valence-corrected chi connectivity index (χ2v) is 6.24. The lowest BCUT2D eigenvalue weighted by atomic mass is 10.2. The van der Waals surface area contributed by atoms with Crippen LogP contribution in [0.5, 0.6) is 5.75 Å². The maximum Gasteiger partial charge on any atom is 0.414 e. The number of rotatable bonds is 3. The van der Waals surface area contributed by atoms with E-state index < -0.39 is 0 Å². The molecule has 0 bridgehead atoms. The van der Waals surface area contributed by atoms with Crippen LogP contribution in [-0.2, 0) is 0 Å². The Labute approximate surface area is 129 Å². The van der Waals surface area contributed by atoms with E-state index >= 15 is 0 Å². The van der Waals surface area contributed by atoms with Crippen molar-refractivity contribution in [2.24, 2.45) is 0 Å². The molecule has 2 aromatic rings. The lowest BCUT2D eigenvalue weighted by Gasteiger charge is -2.10. The third kappa shape index (κ3) is 3.73. The summed E-state index contributed by atoms with van der Waals surface area (Å²) in [5, 5.41) is 0.967. The maximum absolute atomic E-state index is 11.9. The average Bonchev–Trinajstić information content (AvgIpc) is 2.76. The SMILES string of the molecule is CC(C)=CC=Cc1sc2ccccc2c1OC(=O)N(C)C. The summed E-state index contributed by atoms with van der Waals surface area (Å²) in [5.74, 6) is 0.632. The molecule has 0 saturated carbocycles. The first kappa shape index (κ1) is 15.3. The monoisotopic (exact) mass is 301 g/mol. The van der Waals surface area contributed by atoms with E-state index in [0.717, 1.165) is 15.0 Å². The number of fused-ring (bicyclic) bond motifs is 1. The Morgan fingerprint density at radius 2 is 1.95 bits per heavy atom. The Morgan fingerprint density at radius 1 is 1.24 bits per heavy atom. The summed E-state index contributed by atoms with van der Waals surface area (Å²) >= 11 is 1.62. The Hall–Kier alpha value is -2.07. The van der Waals surface area contributed by atoms with E-state index in [1.807, 2.05) is 56.3 Å². The summed E-state index contributed by atoms with van der Waals surface area (Å²) < 4.78 is 6.65. The summed E-state index contributed by atoms with van der Waals surface area (Å²) in [6.45, 7) is 4.09. The number of thiophene rings is 1. The minimum Gasteiger partial charge on any atom is -0.408 e. The van der Waals surface area contributed by atoms with Gasteiger partial charge in [-0.1, -0.05) is 29.9 Å². The summed E-state index contributed by atoms with van der Waals surface area (Å²) in [5.41, 5.74) is 1.22. The molecule has 0 spiro atoms. The molecule has 3 nitrogen and oxygen atoms in total. The minimum atomic E-state index is -0.365. The Kier molecular flexibility index (Phi) is 4.81. The van der Waals surface area contributed by atoms with Gasteiger partial charge in [-0.15, -0.1) is 11.3 Å². The standard InChI is InChI=1S/C17H19NO2S/c1-12(2)8-7-11-15-16(20-17(19)18(3)4)13-9-5-6-10-14(13)21-15/h5-11H,1-4H3. The van der Waals surface area contributed by atoms with E-state index in [2.05, 4.69) is 0 Å². The number of benzene rings is 1. The fraction of sp³-hybridized carbons (Fsp3) is 0.235. The molecule has 1 aromatic carbocycles. The molecule has 4 heteroatoms. The molecule has 1 heterocycles. The van der Waals surface area contributed by atoms with Gasteiger partial charge in [0.15, 0.2) is 5.75 Å². The van der Waals surface area contributed by atoms with Crippen LogP contribution in [0, 0.1) is 0 Å². The third-order valence-electron chi connectivity index (χ3n) is 2.81. The molecule has 110 valence electrons. The van der Waals surface area contributed by atoms with Crippen molar-refractivity contribution in [2.45, 2.75) is 13.8 Å². The van der Waals surface area contributed by atoms with Crippen molar-refractivity contribution in [3.8, 4) is 5.75 Å². The Balaban J connectivity index is 2.45. The molecule has 0 unspecified atom stereocenters. The van der Waals surface area contributed by atoms with E-state index in [1.165, 1.54) is 10.5 Å². The quantitative estimate of drug-likeness (QED) is 0.751. The molecule has 0 saturated heterocycles. The van der Waals surface area contributed by atoms with Crippen LogP contribution in [0.25, 0.3) is 16.2 Å². The highest BCUT2D eigenvalue weighted by Gasteiger charge is 2.16. The molecule has 0 aliphatic rings. The molecule has 1 amide bonds. The van der Waals surface area contributed by atoms with Crippen molar-refractivity contribution in [2.75, 3.05) is 14.1 Å². The fourth-order valence-electron chi connectivity index (χ4n) is 1.76. The molecule has 1 aromatic heterocycles. The number of hydrogen-bond donors (Lipinski definition) is 0. The van der Waals surface area contributed by atoms with Crippen LogP contribution in [0.15, 0.2) is 42.0 Å². The van der Waals surface area contributed by atoms with Crippen molar-refractivity contribution in [3.05, 3.63) is 46.9 Å². The van der Waals surface area contributed by atoms with Crippen LogP contribution in [0.4, 0.5) is 4.79 Å². The van der Waals surface area contributed by atoms with Crippen molar-refractivity contribution < 1.29 is 9.53 Å². The van der Waals surface area contributed by atoms with Crippen LogP contribution >= 0.6 is 11.3 Å². The molecular formula is C17H19NO2S. The molecule has 0 radical (unpaired) electrons. The van der Waals surface area contributed by atoms with Gasteiger partial charge < -0.3 is 9.64 Å². The van der Waals surface area contributed by atoms with Gasteiger partial charge in [0.1, 0.15) is 0 Å². The average molecular weight is 301 g/mol. The highest BCUT2D eigenvalue weighted by molar-refractivity contribution is 7.20. The summed E-state index contributed by atoms with van der Waals surface area (Å²) in [7, 11) is 3.35. The third-order valence-corrected chi connectivity index (χ3v) is 3.92. The molecule has 2 rings (SSSR count). The Morgan fingerprint density at radius 3 is 2.62 bits per heavy atom. The molecule has 0 fully saturated rings. The van der Waals surface area contributed by atoms with Crippen molar-refractivity contribution in [1.82, 2.24) is 4.90 Å². The van der Waals surface area contributed by atoms with Gasteiger partial charge in [0.05, 0.1) is 4.88 Å². The van der Waals surface area contributed by atoms with Crippen LogP contribution in [-0.4, -0.2) is 25.1 Å². The zero-order chi connectivity index (χ0) is 15.4. The number of nitrogens with zero attached hydrogens (tertiary/aromatic N) is 1. The predicted molar refractivity (Wildman–Crippen MR) is 90.0 cm³/mol. The van der Waals surface area contributed by atoms with E-state index in [-0.39, 0.29) is 6.09 Å². The summed E-state index contributed by atoms with van der Waals surface area (Å²) in [6.07, 6.45) is 5.63. The smallest absolute Gasteiger partial charge is 0.408 e. The number of hydrogen-bond acceptors (Lipinski definition) is 3. The molecule has 0 atom stereocenters. The van der Waals surface area contributed by atoms with Gasteiger partial charge >= 0.3 is 6.09 Å². The van der Waals surface area contributed by atoms with Gasteiger partial charge in [-0.05, 0) is 32.1 Å². The topological polar surface area (TPSA) is 29.5 Å². The molecule has 0 aliphatic carbocycles.